The van der Waals surface area contributed by atoms with Gasteiger partial charge in [0.2, 0.25) is 5.91 Å². The van der Waals surface area contributed by atoms with Crippen molar-refractivity contribution in [1.82, 2.24) is 4.90 Å². The molecule has 1 heterocycles. The molecule has 1 fully saturated rings. The maximum absolute atomic E-state index is 13.5. The Morgan fingerprint density at radius 1 is 1.10 bits per heavy atom. The number of benzene rings is 2. The molecule has 0 bridgehead atoms. The molecule has 3 rings (SSSR count). The molecular formula is C24H25Cl2NO4. The summed E-state index contributed by atoms with van der Waals surface area (Å²) in [6.07, 6.45) is 0.505. The van der Waals surface area contributed by atoms with Crippen LogP contribution in [-0.4, -0.2) is 33.7 Å². The van der Waals surface area contributed by atoms with Crippen LogP contribution in [0.2, 0.25) is 10.0 Å². The van der Waals surface area contributed by atoms with Gasteiger partial charge in [0.15, 0.2) is 5.78 Å². The Hall–Kier alpha value is -2.37. The van der Waals surface area contributed by atoms with Gasteiger partial charge in [-0.3, -0.25) is 14.4 Å². The number of aliphatic carboxylic acids is 1. The lowest BCUT2D eigenvalue weighted by atomic mass is 9.74. The van der Waals surface area contributed by atoms with Crippen LogP contribution in [0.1, 0.15) is 56.2 Å². The summed E-state index contributed by atoms with van der Waals surface area (Å²) >= 11 is 12.4. The van der Waals surface area contributed by atoms with Crippen LogP contribution < -0.4 is 0 Å². The Bertz CT molecular complexity index is 976. The minimum atomic E-state index is -1.04. The Morgan fingerprint density at radius 2 is 1.77 bits per heavy atom. The number of nitrogens with zero attached hydrogens (tertiary/aromatic N) is 1. The van der Waals surface area contributed by atoms with E-state index in [-0.39, 0.29) is 24.0 Å². The van der Waals surface area contributed by atoms with Crippen LogP contribution in [-0.2, 0) is 14.4 Å². The molecule has 1 N–H and O–H groups in total. The highest BCUT2D eigenvalue weighted by Crippen LogP contribution is 2.47. The smallest absolute Gasteiger partial charge is 0.304 e. The molecule has 0 aromatic heterocycles. The molecular weight excluding hydrogens is 437 g/mol. The number of carboxylic acids is 1. The molecule has 5 nitrogen and oxygen atoms in total. The molecule has 0 saturated carbocycles. The first-order valence-electron chi connectivity index (χ1n) is 10.3. The first-order chi connectivity index (χ1) is 14.7. The zero-order valence-corrected chi connectivity index (χ0v) is 18.9. The van der Waals surface area contributed by atoms with Gasteiger partial charge in [0, 0.05) is 21.9 Å². The van der Waals surface area contributed by atoms with E-state index in [1.807, 2.05) is 37.3 Å². The number of carbonyl (C=O) groups is 3. The summed E-state index contributed by atoms with van der Waals surface area (Å²) in [5.41, 5.74) is 1.75. The highest BCUT2D eigenvalue weighted by atomic mass is 35.5. The molecule has 1 amide bonds. The number of carbonyl (C=O) groups excluding carboxylic acids is 2. The molecule has 1 saturated heterocycles. The second-order valence-corrected chi connectivity index (χ2v) is 8.84. The fourth-order valence-electron chi connectivity index (χ4n) is 4.60. The van der Waals surface area contributed by atoms with Gasteiger partial charge < -0.3 is 10.0 Å². The van der Waals surface area contributed by atoms with Gasteiger partial charge in [-0.1, -0.05) is 54.4 Å². The van der Waals surface area contributed by atoms with Gasteiger partial charge in [-0.2, -0.15) is 0 Å². The van der Waals surface area contributed by atoms with Crippen molar-refractivity contribution in [3.05, 3.63) is 69.7 Å². The van der Waals surface area contributed by atoms with Gasteiger partial charge in [0.25, 0.3) is 0 Å². The Kier molecular flexibility index (Phi) is 7.39. The van der Waals surface area contributed by atoms with E-state index < -0.39 is 24.0 Å². The van der Waals surface area contributed by atoms with Crippen molar-refractivity contribution in [3.63, 3.8) is 0 Å². The minimum Gasteiger partial charge on any atom is -0.481 e. The third kappa shape index (κ3) is 5.10. The molecule has 0 radical (unpaired) electrons. The summed E-state index contributed by atoms with van der Waals surface area (Å²) in [5, 5.41) is 10.5. The lowest BCUT2D eigenvalue weighted by Crippen LogP contribution is -2.54. The van der Waals surface area contributed by atoms with Crippen molar-refractivity contribution in [2.45, 2.75) is 51.1 Å². The zero-order chi connectivity index (χ0) is 22.7. The number of Topliss-reactive ketones (excluding diaryl/α,β-unsaturated/α-hetero) is 1. The Labute approximate surface area is 192 Å². The van der Waals surface area contributed by atoms with Crippen LogP contribution in [0.25, 0.3) is 0 Å². The highest BCUT2D eigenvalue weighted by Gasteiger charge is 2.46. The third-order valence-electron chi connectivity index (χ3n) is 5.92. The first-order valence-corrected chi connectivity index (χ1v) is 11.0. The molecule has 164 valence electrons. The van der Waals surface area contributed by atoms with Crippen molar-refractivity contribution in [2.75, 3.05) is 0 Å². The average Bonchev–Trinajstić information content (AvgIpc) is 2.71. The molecule has 4 atom stereocenters. The number of hydrogen-bond acceptors (Lipinski definition) is 3. The van der Waals surface area contributed by atoms with E-state index in [9.17, 15) is 19.5 Å². The maximum Gasteiger partial charge on any atom is 0.304 e. The molecule has 0 spiro atoms. The summed E-state index contributed by atoms with van der Waals surface area (Å²) in [4.78, 5) is 39.2. The van der Waals surface area contributed by atoms with Crippen molar-refractivity contribution in [2.24, 2.45) is 5.92 Å². The molecule has 2 aromatic rings. The van der Waals surface area contributed by atoms with Crippen LogP contribution in [0.3, 0.4) is 0 Å². The van der Waals surface area contributed by atoms with Gasteiger partial charge in [-0.05, 0) is 55.2 Å². The SMILES string of the molecule is CC[C@@H](C(C)=O)N1C(=O)[C@H](CC(=O)O)C[C@H](c2cccc(Cl)c2)[C@H]1c1ccc(Cl)cc1. The number of ketones is 1. The molecule has 1 aliphatic rings. The first kappa shape index (κ1) is 23.3. The zero-order valence-electron chi connectivity index (χ0n) is 17.4. The lowest BCUT2D eigenvalue weighted by molar-refractivity contribution is -0.154. The molecule has 0 aliphatic carbocycles. The van der Waals surface area contributed by atoms with Gasteiger partial charge in [0.1, 0.15) is 0 Å². The van der Waals surface area contributed by atoms with Gasteiger partial charge in [0.05, 0.1) is 18.5 Å². The number of rotatable bonds is 7. The largest absolute Gasteiger partial charge is 0.481 e. The lowest BCUT2D eigenvalue weighted by Gasteiger charge is -2.47. The minimum absolute atomic E-state index is 0.129. The Balaban J connectivity index is 2.20. The average molecular weight is 462 g/mol. The fourth-order valence-corrected chi connectivity index (χ4v) is 4.92. The third-order valence-corrected chi connectivity index (χ3v) is 6.41. The van der Waals surface area contributed by atoms with E-state index in [2.05, 4.69) is 0 Å². The quantitative estimate of drug-likeness (QED) is 0.589. The topological polar surface area (TPSA) is 74.7 Å². The van der Waals surface area contributed by atoms with E-state index in [1.165, 1.54) is 6.92 Å². The van der Waals surface area contributed by atoms with Crippen molar-refractivity contribution in [1.29, 1.82) is 0 Å². The highest BCUT2D eigenvalue weighted by molar-refractivity contribution is 6.30. The van der Waals surface area contributed by atoms with E-state index >= 15 is 0 Å². The van der Waals surface area contributed by atoms with Crippen LogP contribution in [0.4, 0.5) is 0 Å². The van der Waals surface area contributed by atoms with Crippen LogP contribution in [0.15, 0.2) is 48.5 Å². The number of likely N-dealkylation sites (tertiary alicyclic amines) is 1. The molecule has 0 unspecified atom stereocenters. The predicted octanol–water partition coefficient (Wildman–Crippen LogP) is 5.51. The van der Waals surface area contributed by atoms with Crippen molar-refractivity contribution in [3.8, 4) is 0 Å². The predicted molar refractivity (Wildman–Crippen MR) is 120 cm³/mol. The van der Waals surface area contributed by atoms with E-state index in [4.69, 9.17) is 23.2 Å². The number of amides is 1. The summed E-state index contributed by atoms with van der Waals surface area (Å²) in [6, 6.07) is 13.5. The summed E-state index contributed by atoms with van der Waals surface area (Å²) in [7, 11) is 0. The van der Waals surface area contributed by atoms with Crippen LogP contribution in [0, 0.1) is 5.92 Å². The summed E-state index contributed by atoms with van der Waals surface area (Å²) in [5.74, 6) is -2.42. The van der Waals surface area contributed by atoms with Gasteiger partial charge >= 0.3 is 5.97 Å². The van der Waals surface area contributed by atoms with Crippen LogP contribution >= 0.6 is 23.2 Å². The van der Waals surface area contributed by atoms with Crippen LogP contribution in [0.5, 0.6) is 0 Å². The van der Waals surface area contributed by atoms with E-state index in [0.717, 1.165) is 11.1 Å². The second kappa shape index (κ2) is 9.84. The number of piperidine rings is 1. The molecule has 31 heavy (non-hydrogen) atoms. The second-order valence-electron chi connectivity index (χ2n) is 7.97. The molecule has 2 aromatic carbocycles. The standard InChI is InChI=1S/C24H25Cl2NO4/c1-3-21(14(2)28)27-23(15-7-9-18(25)10-8-15)20(16-5-4-6-19(26)11-16)12-17(24(27)31)13-22(29)30/h4-11,17,20-21,23H,3,12-13H2,1-2H3,(H,29,30)/t17-,20+,21-,23+/m0/s1. The van der Waals surface area contributed by atoms with Gasteiger partial charge in [-0.25, -0.2) is 0 Å². The summed E-state index contributed by atoms with van der Waals surface area (Å²) < 4.78 is 0. The van der Waals surface area contributed by atoms with Crippen molar-refractivity contribution < 1.29 is 19.5 Å². The fraction of sp³-hybridized carbons (Fsp3) is 0.375. The van der Waals surface area contributed by atoms with E-state index in [1.54, 1.807) is 23.1 Å². The Morgan fingerprint density at radius 3 is 2.32 bits per heavy atom. The molecule has 1 aliphatic heterocycles. The van der Waals surface area contributed by atoms with Crippen molar-refractivity contribution >= 4 is 40.9 Å². The summed E-state index contributed by atoms with van der Waals surface area (Å²) in [6.45, 7) is 3.32. The van der Waals surface area contributed by atoms with Gasteiger partial charge in [-0.15, -0.1) is 0 Å². The number of hydrogen-bond donors (Lipinski definition) is 1. The normalized spacial score (nSPS) is 22.3. The maximum atomic E-state index is 13.5. The monoisotopic (exact) mass is 461 g/mol. The molecule has 7 heteroatoms. The number of carboxylic acid groups (broad SMARTS) is 1. The van der Waals surface area contributed by atoms with E-state index in [0.29, 0.717) is 22.9 Å². The number of halogens is 2.